The summed E-state index contributed by atoms with van der Waals surface area (Å²) in [7, 11) is 0. The van der Waals surface area contributed by atoms with Gasteiger partial charge in [0.1, 0.15) is 12.9 Å². The van der Waals surface area contributed by atoms with Crippen molar-refractivity contribution in [2.75, 3.05) is 6.54 Å². The Bertz CT molecular complexity index is 1190. The molecule has 0 aliphatic carbocycles. The summed E-state index contributed by atoms with van der Waals surface area (Å²) in [5.74, 6) is -2.72. The highest BCUT2D eigenvalue weighted by Crippen LogP contribution is 2.25. The van der Waals surface area contributed by atoms with Gasteiger partial charge in [-0.3, -0.25) is 14.6 Å². The summed E-state index contributed by atoms with van der Waals surface area (Å²) in [5.41, 5.74) is 15.7. The van der Waals surface area contributed by atoms with Crippen molar-refractivity contribution in [3.63, 3.8) is 0 Å². The molecule has 0 aromatic heterocycles. The molecule has 2 aromatic carbocycles. The van der Waals surface area contributed by atoms with E-state index in [1.54, 1.807) is 44.2 Å². The lowest BCUT2D eigenvalue weighted by Gasteiger charge is -2.41. The molecule has 42 heavy (non-hydrogen) atoms. The van der Waals surface area contributed by atoms with Crippen molar-refractivity contribution in [2.45, 2.75) is 70.4 Å². The molecular weight excluding hydrogens is 540 g/mol. The van der Waals surface area contributed by atoms with Crippen LogP contribution in [-0.2, 0) is 32.1 Å². The molecule has 0 unspecified atom stereocenters. The minimum absolute atomic E-state index is 0.116. The first kappa shape index (κ1) is 33.9. The molecule has 0 aliphatic heterocycles. The fourth-order valence-corrected chi connectivity index (χ4v) is 4.25. The first-order valence-electron chi connectivity index (χ1n) is 13.9. The molecule has 2 aromatic rings. The number of nitrogens with zero attached hydrogens (tertiary/aromatic N) is 2. The van der Waals surface area contributed by atoms with Crippen molar-refractivity contribution in [2.24, 2.45) is 28.1 Å². The molecule has 0 aliphatic rings. The number of rotatable bonds is 16. The van der Waals surface area contributed by atoms with E-state index in [0.29, 0.717) is 36.0 Å². The number of nitrogens with two attached hydrogens (primary N) is 3. The summed E-state index contributed by atoms with van der Waals surface area (Å²) >= 11 is 0. The number of carbonyl (C=O) groups excluding carboxylic acids is 4. The molecule has 12 nitrogen and oxygen atoms in total. The molecule has 3 atom stereocenters. The van der Waals surface area contributed by atoms with Gasteiger partial charge in [-0.05, 0) is 42.7 Å². The fourth-order valence-electron chi connectivity index (χ4n) is 4.25. The lowest BCUT2D eigenvalue weighted by molar-refractivity contribution is -0.177. The maximum atomic E-state index is 13.7. The highest BCUT2D eigenvalue weighted by molar-refractivity contribution is 6.00. The Morgan fingerprint density at radius 2 is 1.62 bits per heavy atom. The average molecular weight is 583 g/mol. The number of amides is 3. The Morgan fingerprint density at radius 3 is 2.17 bits per heavy atom. The van der Waals surface area contributed by atoms with Gasteiger partial charge >= 0.3 is 6.09 Å². The number of guanidine groups is 1. The second-order valence-corrected chi connectivity index (χ2v) is 10.3. The summed E-state index contributed by atoms with van der Waals surface area (Å²) in [5, 5.41) is 14.3. The zero-order chi connectivity index (χ0) is 31.1. The Hall–Kier alpha value is -4.29. The van der Waals surface area contributed by atoms with Crippen molar-refractivity contribution in [1.29, 1.82) is 0 Å². The van der Waals surface area contributed by atoms with Crippen molar-refractivity contribution in [1.82, 2.24) is 10.2 Å². The van der Waals surface area contributed by atoms with E-state index in [-0.39, 0.29) is 32.0 Å². The Balaban J connectivity index is 2.36. The molecule has 0 fully saturated rings. The van der Waals surface area contributed by atoms with Crippen molar-refractivity contribution in [3.8, 4) is 0 Å². The highest BCUT2D eigenvalue weighted by Gasteiger charge is 2.54. The van der Waals surface area contributed by atoms with E-state index >= 15 is 0 Å². The molecule has 0 heterocycles. The zero-order valence-corrected chi connectivity index (χ0v) is 24.1. The number of hydrogen-bond acceptors (Lipinski definition) is 8. The molecule has 3 amide bonds. The van der Waals surface area contributed by atoms with Gasteiger partial charge in [-0.15, -0.1) is 0 Å². The van der Waals surface area contributed by atoms with Gasteiger partial charge in [-0.2, -0.15) is 0 Å². The molecule has 0 radical (unpaired) electrons. The molecule has 0 bridgehead atoms. The first-order chi connectivity index (χ1) is 20.0. The number of aldehydes is 1. The standard InChI is InChI=1S/C30H42N6O6/c1-21(2)26(31)30(41,27(39)35-24(19-37)16-10-18-34-28(32)33)36(29(40)42-20-23-13-7-4-8-14-23)25(38)17-9-15-22-11-5-3-6-12-22/h3-8,11-14,19,21,24,26,41H,9-10,15-18,20,31H2,1-2H3,(H,35,39)(H4,32,33,34)/t24-,26+,30-/m0/s1. The van der Waals surface area contributed by atoms with E-state index in [4.69, 9.17) is 21.9 Å². The van der Waals surface area contributed by atoms with Crippen LogP contribution in [0.25, 0.3) is 0 Å². The molecule has 12 heteroatoms. The highest BCUT2D eigenvalue weighted by atomic mass is 16.6. The van der Waals surface area contributed by atoms with Gasteiger partial charge in [0, 0.05) is 13.0 Å². The third kappa shape index (κ3) is 9.96. The Kier molecular flexibility index (Phi) is 13.6. The predicted octanol–water partition coefficient (Wildman–Crippen LogP) is 1.58. The molecule has 0 spiro atoms. The number of aliphatic hydroxyl groups is 1. The predicted molar refractivity (Wildman–Crippen MR) is 159 cm³/mol. The number of aryl methyl sites for hydroxylation is 1. The largest absolute Gasteiger partial charge is 0.444 e. The molecule has 228 valence electrons. The number of nitrogens with one attached hydrogen (secondary N) is 1. The molecule has 2 rings (SSSR count). The SMILES string of the molecule is CC(C)[C@@H](N)[C@](O)(C(=O)N[C@H](C=O)CCCN=C(N)N)N(C(=O)CCCc1ccccc1)C(=O)OCc1ccccc1. The summed E-state index contributed by atoms with van der Waals surface area (Å²) in [6.45, 7) is 3.24. The summed E-state index contributed by atoms with van der Waals surface area (Å²) in [6, 6.07) is 15.7. The Labute approximate surface area is 246 Å². The molecule has 0 saturated heterocycles. The maximum Gasteiger partial charge on any atom is 0.419 e. The van der Waals surface area contributed by atoms with E-state index in [0.717, 1.165) is 5.56 Å². The number of imide groups is 1. The van der Waals surface area contributed by atoms with Crippen LogP contribution in [0, 0.1) is 5.92 Å². The summed E-state index contributed by atoms with van der Waals surface area (Å²) in [4.78, 5) is 56.8. The van der Waals surface area contributed by atoms with Gasteiger partial charge in [0.05, 0.1) is 12.1 Å². The minimum Gasteiger partial charge on any atom is -0.444 e. The van der Waals surface area contributed by atoms with Crippen molar-refractivity contribution < 1.29 is 29.0 Å². The minimum atomic E-state index is -2.87. The van der Waals surface area contributed by atoms with Crippen LogP contribution < -0.4 is 22.5 Å². The third-order valence-corrected chi connectivity index (χ3v) is 6.64. The number of benzene rings is 2. The van der Waals surface area contributed by atoms with E-state index in [1.807, 2.05) is 30.3 Å². The lowest BCUT2D eigenvalue weighted by atomic mass is 9.90. The van der Waals surface area contributed by atoms with E-state index in [2.05, 4.69) is 10.3 Å². The van der Waals surface area contributed by atoms with Gasteiger partial charge < -0.3 is 37.2 Å². The average Bonchev–Trinajstić information content (AvgIpc) is 2.97. The second kappa shape index (κ2) is 16.8. The lowest BCUT2D eigenvalue weighted by Crippen LogP contribution is -2.72. The normalized spacial score (nSPS) is 13.7. The van der Waals surface area contributed by atoms with Crippen LogP contribution in [0.5, 0.6) is 0 Å². The Morgan fingerprint density at radius 1 is 1.02 bits per heavy atom. The van der Waals surface area contributed by atoms with Gasteiger partial charge in [0.15, 0.2) is 5.96 Å². The summed E-state index contributed by atoms with van der Waals surface area (Å²) in [6.07, 6.45) is 0.345. The van der Waals surface area contributed by atoms with Crippen LogP contribution in [0.15, 0.2) is 65.7 Å². The molecule has 0 saturated carbocycles. The van der Waals surface area contributed by atoms with Crippen LogP contribution in [0.2, 0.25) is 0 Å². The topological polar surface area (TPSA) is 203 Å². The smallest absolute Gasteiger partial charge is 0.419 e. The molecule has 8 N–H and O–H groups in total. The van der Waals surface area contributed by atoms with E-state index < -0.39 is 41.6 Å². The van der Waals surface area contributed by atoms with Crippen LogP contribution in [0.3, 0.4) is 0 Å². The number of carbonyl (C=O) groups is 4. The van der Waals surface area contributed by atoms with Gasteiger partial charge in [-0.25, -0.2) is 9.69 Å². The van der Waals surface area contributed by atoms with Gasteiger partial charge in [-0.1, -0.05) is 74.5 Å². The van der Waals surface area contributed by atoms with E-state index in [9.17, 15) is 24.3 Å². The first-order valence-corrected chi connectivity index (χ1v) is 13.9. The van der Waals surface area contributed by atoms with Crippen molar-refractivity contribution >= 4 is 30.2 Å². The van der Waals surface area contributed by atoms with Crippen LogP contribution in [0.1, 0.15) is 50.7 Å². The van der Waals surface area contributed by atoms with Gasteiger partial charge in [0.2, 0.25) is 11.6 Å². The van der Waals surface area contributed by atoms with E-state index in [1.165, 1.54) is 0 Å². The quantitative estimate of drug-likeness (QED) is 0.0640. The molecular formula is C30H42N6O6. The number of aliphatic imine (C=N–C) groups is 1. The monoisotopic (exact) mass is 582 g/mol. The zero-order valence-electron chi connectivity index (χ0n) is 24.1. The van der Waals surface area contributed by atoms with Crippen LogP contribution >= 0.6 is 0 Å². The fraction of sp³-hybridized carbons (Fsp3) is 0.433. The van der Waals surface area contributed by atoms with Crippen LogP contribution in [-0.4, -0.2) is 64.5 Å². The number of ether oxygens (including phenoxy) is 1. The summed E-state index contributed by atoms with van der Waals surface area (Å²) < 4.78 is 5.40. The second-order valence-electron chi connectivity index (χ2n) is 10.3. The maximum absolute atomic E-state index is 13.7. The van der Waals surface area contributed by atoms with Crippen molar-refractivity contribution in [3.05, 3.63) is 71.8 Å². The number of hydrogen-bond donors (Lipinski definition) is 5. The van der Waals surface area contributed by atoms with Crippen LogP contribution in [0.4, 0.5) is 4.79 Å². The van der Waals surface area contributed by atoms with Gasteiger partial charge in [0.25, 0.3) is 5.91 Å². The third-order valence-electron chi connectivity index (χ3n) is 6.64.